The second kappa shape index (κ2) is 6.74. The summed E-state index contributed by atoms with van der Waals surface area (Å²) in [5.41, 5.74) is 1.70. The Morgan fingerprint density at radius 2 is 1.95 bits per heavy atom. The molecule has 0 unspecified atom stereocenters. The molecular formula is C16H17NO4. The average molecular weight is 287 g/mol. The molecule has 0 atom stereocenters. The number of hydrogen-bond acceptors (Lipinski definition) is 5. The van der Waals surface area contributed by atoms with Crippen molar-refractivity contribution >= 4 is 17.9 Å². The minimum absolute atomic E-state index is 0.212. The van der Waals surface area contributed by atoms with E-state index < -0.39 is 5.97 Å². The molecule has 1 aromatic carbocycles. The lowest BCUT2D eigenvalue weighted by Gasteiger charge is -2.07. The van der Waals surface area contributed by atoms with Gasteiger partial charge in [-0.1, -0.05) is 30.3 Å². The van der Waals surface area contributed by atoms with Crippen molar-refractivity contribution in [2.24, 2.45) is 4.99 Å². The molecule has 0 radical (unpaired) electrons. The van der Waals surface area contributed by atoms with Gasteiger partial charge in [0.25, 0.3) is 0 Å². The normalized spacial score (nSPS) is 16.0. The van der Waals surface area contributed by atoms with E-state index in [9.17, 15) is 4.79 Å². The number of ether oxygens (including phenoxy) is 3. The van der Waals surface area contributed by atoms with Gasteiger partial charge in [-0.25, -0.2) is 9.79 Å². The molecule has 1 aliphatic heterocycles. The first-order valence-electron chi connectivity index (χ1n) is 6.56. The van der Waals surface area contributed by atoms with Crippen LogP contribution in [0.15, 0.2) is 52.4 Å². The van der Waals surface area contributed by atoms with E-state index in [4.69, 9.17) is 14.2 Å². The zero-order valence-corrected chi connectivity index (χ0v) is 12.3. The highest BCUT2D eigenvalue weighted by atomic mass is 16.5. The van der Waals surface area contributed by atoms with Crippen molar-refractivity contribution in [3.63, 3.8) is 0 Å². The lowest BCUT2D eigenvalue weighted by molar-refractivity contribution is -0.135. The Bertz CT molecular complexity index is 614. The first-order valence-corrected chi connectivity index (χ1v) is 6.56. The summed E-state index contributed by atoms with van der Waals surface area (Å²) in [6, 6.07) is 9.65. The highest BCUT2D eigenvalue weighted by Crippen LogP contribution is 2.29. The molecule has 5 heteroatoms. The molecule has 1 aromatic rings. The smallest absolute Gasteiger partial charge is 0.347 e. The second-order valence-electron chi connectivity index (χ2n) is 4.19. The van der Waals surface area contributed by atoms with E-state index in [1.54, 1.807) is 0 Å². The molecule has 0 bridgehead atoms. The fraction of sp³-hybridized carbons (Fsp3) is 0.250. The predicted molar refractivity (Wildman–Crippen MR) is 79.5 cm³/mol. The number of rotatable bonds is 4. The van der Waals surface area contributed by atoms with Gasteiger partial charge in [0.05, 0.1) is 20.8 Å². The summed E-state index contributed by atoms with van der Waals surface area (Å²) in [7, 11) is 2.80. The third-order valence-corrected chi connectivity index (χ3v) is 2.87. The maximum Gasteiger partial charge on any atom is 0.347 e. The van der Waals surface area contributed by atoms with Gasteiger partial charge < -0.3 is 14.2 Å². The molecule has 0 fully saturated rings. The monoisotopic (exact) mass is 287 g/mol. The zero-order chi connectivity index (χ0) is 15.2. The lowest BCUT2D eigenvalue weighted by atomic mass is 10.1. The van der Waals surface area contributed by atoms with Gasteiger partial charge in [-0.2, -0.15) is 0 Å². The van der Waals surface area contributed by atoms with E-state index in [2.05, 4.69) is 4.99 Å². The largest absolute Gasteiger partial charge is 0.493 e. The molecule has 0 spiro atoms. The topological polar surface area (TPSA) is 57.1 Å². The fourth-order valence-corrected chi connectivity index (χ4v) is 1.98. The highest BCUT2D eigenvalue weighted by Gasteiger charge is 2.32. The van der Waals surface area contributed by atoms with Crippen molar-refractivity contribution in [2.45, 2.75) is 6.92 Å². The van der Waals surface area contributed by atoms with Gasteiger partial charge in [0.2, 0.25) is 5.90 Å². The molecule has 0 saturated heterocycles. The maximum atomic E-state index is 11.9. The summed E-state index contributed by atoms with van der Waals surface area (Å²) in [6.07, 6.45) is 1.83. The van der Waals surface area contributed by atoms with Crippen LogP contribution in [0.5, 0.6) is 0 Å². The number of nitrogens with zero attached hydrogens (tertiary/aromatic N) is 1. The van der Waals surface area contributed by atoms with Gasteiger partial charge in [-0.3, -0.25) is 0 Å². The van der Waals surface area contributed by atoms with Gasteiger partial charge in [-0.15, -0.1) is 0 Å². The number of carbonyl (C=O) groups excluding carboxylic acids is 1. The molecule has 110 valence electrons. The first kappa shape index (κ1) is 14.8. The van der Waals surface area contributed by atoms with Gasteiger partial charge in [0.1, 0.15) is 5.70 Å². The van der Waals surface area contributed by atoms with Gasteiger partial charge >= 0.3 is 5.97 Å². The third-order valence-electron chi connectivity index (χ3n) is 2.87. The molecule has 2 rings (SSSR count). The van der Waals surface area contributed by atoms with Gasteiger partial charge in [-0.05, 0) is 18.6 Å². The average Bonchev–Trinajstić information content (AvgIpc) is 2.85. The molecule has 1 heterocycles. The van der Waals surface area contributed by atoms with Crippen LogP contribution < -0.4 is 0 Å². The van der Waals surface area contributed by atoms with Crippen molar-refractivity contribution in [2.75, 3.05) is 20.8 Å². The van der Waals surface area contributed by atoms with Crippen LogP contribution in [-0.2, 0) is 19.0 Å². The van der Waals surface area contributed by atoms with E-state index in [1.165, 1.54) is 14.2 Å². The maximum absolute atomic E-state index is 11.9. The Morgan fingerprint density at radius 3 is 2.52 bits per heavy atom. The van der Waals surface area contributed by atoms with Crippen LogP contribution in [0, 0.1) is 0 Å². The number of carbonyl (C=O) groups is 1. The second-order valence-corrected chi connectivity index (χ2v) is 4.19. The number of aliphatic imine (C=N–C) groups is 1. The molecule has 1 aliphatic rings. The Balaban J connectivity index is 2.49. The zero-order valence-electron chi connectivity index (χ0n) is 12.3. The Morgan fingerprint density at radius 1 is 1.24 bits per heavy atom. The van der Waals surface area contributed by atoms with E-state index in [-0.39, 0.29) is 11.5 Å². The van der Waals surface area contributed by atoms with Gasteiger partial charge in [0.15, 0.2) is 11.3 Å². The fourth-order valence-electron chi connectivity index (χ4n) is 1.98. The highest BCUT2D eigenvalue weighted by molar-refractivity contribution is 6.19. The molecule has 0 N–H and O–H groups in total. The van der Waals surface area contributed by atoms with Gasteiger partial charge in [0, 0.05) is 0 Å². The number of methoxy groups -OCH3 is 2. The molecule has 21 heavy (non-hydrogen) atoms. The van der Waals surface area contributed by atoms with Crippen molar-refractivity contribution < 1.29 is 19.0 Å². The van der Waals surface area contributed by atoms with E-state index >= 15 is 0 Å². The Kier molecular flexibility index (Phi) is 4.77. The first-order chi connectivity index (χ1) is 10.2. The Hall–Kier alpha value is -2.56. The third kappa shape index (κ3) is 3.13. The number of benzene rings is 1. The molecule has 0 aromatic heterocycles. The summed E-state index contributed by atoms with van der Waals surface area (Å²) >= 11 is 0. The van der Waals surface area contributed by atoms with Crippen LogP contribution in [-0.4, -0.2) is 32.7 Å². The summed E-state index contributed by atoms with van der Waals surface area (Å²) < 4.78 is 15.5. The summed E-state index contributed by atoms with van der Waals surface area (Å²) in [6.45, 7) is 2.22. The molecule has 5 nitrogen and oxygen atoms in total. The molecular weight excluding hydrogens is 270 g/mol. The SMILES string of the molecule is CCOC1=N/C(=C\c2ccccc2)C(OC)=C1C(=O)OC. The van der Waals surface area contributed by atoms with Crippen LogP contribution in [0.4, 0.5) is 0 Å². The quantitative estimate of drug-likeness (QED) is 0.799. The number of hydrogen-bond donors (Lipinski definition) is 0. The minimum atomic E-state index is -0.532. The standard InChI is InChI=1S/C16H17NO4/c1-4-21-15-13(16(18)20-3)14(19-2)12(17-15)10-11-8-6-5-7-9-11/h5-10H,4H2,1-3H3/b12-10-. The molecule has 0 amide bonds. The van der Waals surface area contributed by atoms with Crippen LogP contribution in [0.1, 0.15) is 12.5 Å². The Labute approximate surface area is 123 Å². The van der Waals surface area contributed by atoms with Crippen molar-refractivity contribution in [1.29, 1.82) is 0 Å². The van der Waals surface area contributed by atoms with Crippen molar-refractivity contribution in [3.05, 3.63) is 52.9 Å². The lowest BCUT2D eigenvalue weighted by Crippen LogP contribution is -2.16. The number of esters is 1. The predicted octanol–water partition coefficient (Wildman–Crippen LogP) is 2.55. The molecule has 0 saturated carbocycles. The summed E-state index contributed by atoms with van der Waals surface area (Å²) in [4.78, 5) is 16.2. The van der Waals surface area contributed by atoms with Crippen molar-refractivity contribution in [1.82, 2.24) is 0 Å². The van der Waals surface area contributed by atoms with Crippen LogP contribution in [0.2, 0.25) is 0 Å². The van der Waals surface area contributed by atoms with Crippen LogP contribution >= 0.6 is 0 Å². The summed E-state index contributed by atoms with van der Waals surface area (Å²) in [5.74, 6) is 0.0491. The van der Waals surface area contributed by atoms with E-state index in [1.807, 2.05) is 43.3 Å². The van der Waals surface area contributed by atoms with Crippen LogP contribution in [0.3, 0.4) is 0 Å². The van der Waals surface area contributed by atoms with E-state index in [0.29, 0.717) is 18.1 Å². The van der Waals surface area contributed by atoms with Crippen LogP contribution in [0.25, 0.3) is 6.08 Å². The van der Waals surface area contributed by atoms with Crippen molar-refractivity contribution in [3.8, 4) is 0 Å². The molecule has 0 aliphatic carbocycles. The van der Waals surface area contributed by atoms with E-state index in [0.717, 1.165) is 5.56 Å². The summed E-state index contributed by atoms with van der Waals surface area (Å²) in [5, 5.41) is 0. The minimum Gasteiger partial charge on any atom is -0.493 e.